The van der Waals surface area contributed by atoms with Gasteiger partial charge in [0.2, 0.25) is 0 Å². The van der Waals surface area contributed by atoms with Crippen LogP contribution in [0.2, 0.25) is 0 Å². The van der Waals surface area contributed by atoms with Gasteiger partial charge in [0, 0.05) is 13.1 Å². The third-order valence-corrected chi connectivity index (χ3v) is 4.63. The number of nitriles is 1. The Balaban J connectivity index is 1.97. The highest BCUT2D eigenvalue weighted by molar-refractivity contribution is 5.68. The Labute approximate surface area is 138 Å². The smallest absolute Gasteiger partial charge is 0.133 e. The van der Waals surface area contributed by atoms with Crippen molar-refractivity contribution in [2.24, 2.45) is 5.92 Å². The molecule has 2 N–H and O–H groups in total. The van der Waals surface area contributed by atoms with E-state index in [1.54, 1.807) is 0 Å². The summed E-state index contributed by atoms with van der Waals surface area (Å²) in [7, 11) is 0. The van der Waals surface area contributed by atoms with E-state index in [1.807, 2.05) is 6.07 Å². The summed E-state index contributed by atoms with van der Waals surface area (Å²) in [5.41, 5.74) is 10.0. The minimum absolute atomic E-state index is 0.635. The molecule has 1 fully saturated rings. The number of nitrogen functional groups attached to an aromatic ring is 1. The predicted molar refractivity (Wildman–Crippen MR) is 94.5 cm³/mol. The topological polar surface area (TPSA) is 58.0 Å². The Morgan fingerprint density at radius 3 is 2.70 bits per heavy atom. The molecule has 1 aromatic carbocycles. The molecular formula is C19H24N4. The van der Waals surface area contributed by atoms with Crippen LogP contribution in [0.3, 0.4) is 0 Å². The molecule has 120 valence electrons. The number of nitrogens with two attached hydrogens (primary N) is 1. The zero-order valence-corrected chi connectivity index (χ0v) is 13.9. The summed E-state index contributed by atoms with van der Waals surface area (Å²) >= 11 is 0. The molecule has 4 nitrogen and oxygen atoms in total. The molecule has 1 aliphatic heterocycles. The molecule has 4 heteroatoms. The number of anilines is 2. The Morgan fingerprint density at radius 2 is 2.04 bits per heavy atom. The fourth-order valence-electron chi connectivity index (χ4n) is 3.42. The first-order valence-electron chi connectivity index (χ1n) is 8.28. The predicted octanol–water partition coefficient (Wildman–Crippen LogP) is 3.54. The number of hydrogen-bond donors (Lipinski definition) is 1. The Bertz CT molecular complexity index is 721. The molecular weight excluding hydrogens is 284 g/mol. The summed E-state index contributed by atoms with van der Waals surface area (Å²) in [5, 5.41) is 9.48. The minimum atomic E-state index is 0.635. The van der Waals surface area contributed by atoms with Gasteiger partial charge in [-0.3, -0.25) is 0 Å². The third kappa shape index (κ3) is 3.19. The minimum Gasteiger partial charge on any atom is -0.396 e. The summed E-state index contributed by atoms with van der Waals surface area (Å²) < 4.78 is 2.07. The van der Waals surface area contributed by atoms with Crippen molar-refractivity contribution in [3.8, 4) is 6.07 Å². The molecule has 0 unspecified atom stereocenters. The molecule has 2 aromatic rings. The Morgan fingerprint density at radius 1 is 1.30 bits per heavy atom. The molecule has 1 aromatic heterocycles. The second kappa shape index (κ2) is 6.37. The van der Waals surface area contributed by atoms with Crippen molar-refractivity contribution in [2.75, 3.05) is 23.7 Å². The van der Waals surface area contributed by atoms with Crippen LogP contribution < -0.4 is 10.6 Å². The number of piperidine rings is 1. The van der Waals surface area contributed by atoms with Gasteiger partial charge in [0.25, 0.3) is 0 Å². The SMILES string of the molecule is Cc1ccc(Cn2c(C#N)cc(N)c2N2CCC[C@H](C)C2)cc1. The largest absolute Gasteiger partial charge is 0.396 e. The van der Waals surface area contributed by atoms with Crippen molar-refractivity contribution in [2.45, 2.75) is 33.2 Å². The van der Waals surface area contributed by atoms with Gasteiger partial charge in [-0.1, -0.05) is 36.8 Å². The van der Waals surface area contributed by atoms with E-state index in [4.69, 9.17) is 5.73 Å². The lowest BCUT2D eigenvalue weighted by atomic mass is 10.0. The fourth-order valence-corrected chi connectivity index (χ4v) is 3.42. The van der Waals surface area contributed by atoms with Crippen molar-refractivity contribution in [3.05, 3.63) is 47.2 Å². The van der Waals surface area contributed by atoms with E-state index in [0.29, 0.717) is 23.8 Å². The van der Waals surface area contributed by atoms with Gasteiger partial charge >= 0.3 is 0 Å². The molecule has 2 heterocycles. The number of nitrogens with zero attached hydrogens (tertiary/aromatic N) is 3. The summed E-state index contributed by atoms with van der Waals surface area (Å²) in [5.74, 6) is 1.67. The average molecular weight is 308 g/mol. The van der Waals surface area contributed by atoms with Gasteiger partial charge in [-0.2, -0.15) is 5.26 Å². The third-order valence-electron chi connectivity index (χ3n) is 4.63. The lowest BCUT2D eigenvalue weighted by Crippen LogP contribution is -2.36. The van der Waals surface area contributed by atoms with Gasteiger partial charge in [0.05, 0.1) is 12.2 Å². The maximum atomic E-state index is 9.48. The van der Waals surface area contributed by atoms with Crippen LogP contribution in [-0.2, 0) is 6.54 Å². The summed E-state index contributed by atoms with van der Waals surface area (Å²) in [6.07, 6.45) is 2.44. The van der Waals surface area contributed by atoms with Crippen LogP contribution in [0.25, 0.3) is 0 Å². The van der Waals surface area contributed by atoms with Crippen molar-refractivity contribution >= 4 is 11.5 Å². The summed E-state index contributed by atoms with van der Waals surface area (Å²) in [6, 6.07) is 12.6. The molecule has 1 atom stereocenters. The fraction of sp³-hybridized carbons (Fsp3) is 0.421. The van der Waals surface area contributed by atoms with Crippen LogP contribution in [0.1, 0.15) is 36.6 Å². The van der Waals surface area contributed by atoms with Crippen molar-refractivity contribution < 1.29 is 0 Å². The van der Waals surface area contributed by atoms with Crippen molar-refractivity contribution in [3.63, 3.8) is 0 Å². The van der Waals surface area contributed by atoms with Crippen LogP contribution >= 0.6 is 0 Å². The van der Waals surface area contributed by atoms with Gasteiger partial charge in [-0.05, 0) is 37.3 Å². The number of aryl methyl sites for hydroxylation is 1. The number of benzene rings is 1. The Hall–Kier alpha value is -2.41. The number of hydrogen-bond acceptors (Lipinski definition) is 3. The maximum absolute atomic E-state index is 9.48. The monoisotopic (exact) mass is 308 g/mol. The summed E-state index contributed by atoms with van der Waals surface area (Å²) in [4.78, 5) is 2.35. The van der Waals surface area contributed by atoms with Crippen LogP contribution in [0.5, 0.6) is 0 Å². The van der Waals surface area contributed by atoms with Crippen LogP contribution in [0.4, 0.5) is 11.5 Å². The van der Waals surface area contributed by atoms with Crippen molar-refractivity contribution in [1.29, 1.82) is 5.26 Å². The maximum Gasteiger partial charge on any atom is 0.133 e. The lowest BCUT2D eigenvalue weighted by Gasteiger charge is -2.34. The van der Waals surface area contributed by atoms with Crippen LogP contribution in [0, 0.1) is 24.2 Å². The second-order valence-electron chi connectivity index (χ2n) is 6.69. The first-order valence-corrected chi connectivity index (χ1v) is 8.28. The zero-order chi connectivity index (χ0) is 16.4. The van der Waals surface area contributed by atoms with E-state index < -0.39 is 0 Å². The highest BCUT2D eigenvalue weighted by Crippen LogP contribution is 2.32. The van der Waals surface area contributed by atoms with E-state index >= 15 is 0 Å². The Kier molecular flexibility index (Phi) is 4.29. The van der Waals surface area contributed by atoms with Gasteiger partial charge in [-0.15, -0.1) is 0 Å². The van der Waals surface area contributed by atoms with E-state index in [0.717, 1.165) is 18.9 Å². The second-order valence-corrected chi connectivity index (χ2v) is 6.69. The standard InChI is InChI=1S/C19H24N4/c1-14-5-7-16(8-6-14)13-23-17(11-20)10-18(21)19(23)22-9-3-4-15(2)12-22/h5-8,10,15H,3-4,9,12-13,21H2,1-2H3/t15-/m0/s1. The van der Waals surface area contributed by atoms with E-state index in [9.17, 15) is 5.26 Å². The number of rotatable bonds is 3. The molecule has 1 saturated heterocycles. The molecule has 3 rings (SSSR count). The molecule has 0 amide bonds. The van der Waals surface area contributed by atoms with Gasteiger partial charge in [0.15, 0.2) is 0 Å². The molecule has 0 spiro atoms. The first-order chi connectivity index (χ1) is 11.1. The molecule has 23 heavy (non-hydrogen) atoms. The highest BCUT2D eigenvalue weighted by atomic mass is 15.3. The first kappa shape index (κ1) is 15.5. The van der Waals surface area contributed by atoms with Gasteiger partial charge in [0.1, 0.15) is 17.6 Å². The average Bonchev–Trinajstić information content (AvgIpc) is 2.85. The summed E-state index contributed by atoms with van der Waals surface area (Å²) in [6.45, 7) is 7.06. The van der Waals surface area contributed by atoms with E-state index in [2.05, 4.69) is 53.6 Å². The zero-order valence-electron chi connectivity index (χ0n) is 13.9. The van der Waals surface area contributed by atoms with Gasteiger partial charge in [-0.25, -0.2) is 0 Å². The molecule has 0 aliphatic carbocycles. The van der Waals surface area contributed by atoms with Crippen molar-refractivity contribution in [1.82, 2.24) is 4.57 Å². The molecule has 0 saturated carbocycles. The van der Waals surface area contributed by atoms with Crippen LogP contribution in [-0.4, -0.2) is 17.7 Å². The molecule has 1 aliphatic rings. The number of aromatic nitrogens is 1. The van der Waals surface area contributed by atoms with E-state index in [-0.39, 0.29) is 0 Å². The molecule has 0 bridgehead atoms. The van der Waals surface area contributed by atoms with E-state index in [1.165, 1.54) is 24.0 Å². The highest BCUT2D eigenvalue weighted by Gasteiger charge is 2.23. The van der Waals surface area contributed by atoms with Crippen LogP contribution in [0.15, 0.2) is 30.3 Å². The quantitative estimate of drug-likeness (QED) is 0.943. The molecule has 0 radical (unpaired) electrons. The lowest BCUT2D eigenvalue weighted by molar-refractivity contribution is 0.441. The van der Waals surface area contributed by atoms with Gasteiger partial charge < -0.3 is 15.2 Å². The normalized spacial score (nSPS) is 18.0.